The Hall–Kier alpha value is -2.08. The zero-order chi connectivity index (χ0) is 13.8. The van der Waals surface area contributed by atoms with Gasteiger partial charge in [-0.05, 0) is 46.3 Å². The lowest BCUT2D eigenvalue weighted by atomic mass is 10.2. The van der Waals surface area contributed by atoms with E-state index in [9.17, 15) is 9.59 Å². The van der Waals surface area contributed by atoms with Gasteiger partial charge in [0.15, 0.2) is 0 Å². The molecule has 2 N–H and O–H groups in total. The molecule has 0 atom stereocenters. The fraction of sp³-hybridized carbons (Fsp3) is 0.0769. The lowest BCUT2D eigenvalue weighted by Crippen LogP contribution is -2.12. The fourth-order valence-electron chi connectivity index (χ4n) is 1.50. The molecule has 1 aromatic heterocycles. The van der Waals surface area contributed by atoms with Gasteiger partial charge in [-0.3, -0.25) is 4.79 Å². The molecule has 2 aromatic rings. The number of carbonyl (C=O) groups is 2. The summed E-state index contributed by atoms with van der Waals surface area (Å²) in [6.07, 6.45) is 1.68. The quantitative estimate of drug-likeness (QED) is 0.853. The monoisotopic (exact) mass is 322 g/mol. The number of methoxy groups -OCH3 is 1. The molecule has 1 heterocycles. The lowest BCUT2D eigenvalue weighted by molar-refractivity contribution is 0.0600. The average molecular weight is 323 g/mol. The van der Waals surface area contributed by atoms with Gasteiger partial charge in [0.1, 0.15) is 5.69 Å². The van der Waals surface area contributed by atoms with E-state index in [0.717, 1.165) is 4.47 Å². The van der Waals surface area contributed by atoms with E-state index in [1.54, 1.807) is 36.5 Å². The van der Waals surface area contributed by atoms with Crippen LogP contribution in [0.4, 0.5) is 5.69 Å². The van der Waals surface area contributed by atoms with Gasteiger partial charge in [-0.2, -0.15) is 0 Å². The summed E-state index contributed by atoms with van der Waals surface area (Å²) in [6.45, 7) is 0. The number of halogens is 1. The number of hydrogen-bond donors (Lipinski definition) is 2. The maximum atomic E-state index is 11.8. The summed E-state index contributed by atoms with van der Waals surface area (Å²) in [5, 5.41) is 2.71. The third kappa shape index (κ3) is 3.23. The van der Waals surface area contributed by atoms with Gasteiger partial charge in [0.25, 0.3) is 5.91 Å². The number of benzene rings is 1. The molecule has 0 saturated heterocycles. The number of H-pyrrole nitrogens is 1. The minimum Gasteiger partial charge on any atom is -0.465 e. The van der Waals surface area contributed by atoms with Gasteiger partial charge >= 0.3 is 5.97 Å². The molecule has 1 aromatic carbocycles. The smallest absolute Gasteiger partial charge is 0.337 e. The van der Waals surface area contributed by atoms with E-state index in [-0.39, 0.29) is 5.91 Å². The van der Waals surface area contributed by atoms with Crippen LogP contribution in [-0.4, -0.2) is 24.0 Å². The van der Waals surface area contributed by atoms with Crippen molar-refractivity contribution in [2.75, 3.05) is 12.4 Å². The van der Waals surface area contributed by atoms with Crippen molar-refractivity contribution in [2.45, 2.75) is 0 Å². The second kappa shape index (κ2) is 5.71. The van der Waals surface area contributed by atoms with Crippen LogP contribution >= 0.6 is 15.9 Å². The largest absolute Gasteiger partial charge is 0.465 e. The van der Waals surface area contributed by atoms with E-state index in [4.69, 9.17) is 0 Å². The number of esters is 1. The lowest BCUT2D eigenvalue weighted by Gasteiger charge is -2.04. The van der Waals surface area contributed by atoms with Crippen LogP contribution < -0.4 is 5.32 Å². The minimum absolute atomic E-state index is 0.253. The topological polar surface area (TPSA) is 71.2 Å². The number of rotatable bonds is 3. The summed E-state index contributed by atoms with van der Waals surface area (Å²) >= 11 is 3.26. The molecule has 0 aliphatic heterocycles. The van der Waals surface area contributed by atoms with Crippen molar-refractivity contribution in [3.63, 3.8) is 0 Å². The highest BCUT2D eigenvalue weighted by molar-refractivity contribution is 9.10. The zero-order valence-corrected chi connectivity index (χ0v) is 11.7. The Morgan fingerprint density at radius 3 is 2.47 bits per heavy atom. The highest BCUT2D eigenvalue weighted by Gasteiger charge is 2.09. The number of aromatic amines is 1. The van der Waals surface area contributed by atoms with Gasteiger partial charge < -0.3 is 15.0 Å². The van der Waals surface area contributed by atoms with E-state index < -0.39 is 5.97 Å². The van der Waals surface area contributed by atoms with Gasteiger partial charge in [0.2, 0.25) is 0 Å². The van der Waals surface area contributed by atoms with Gasteiger partial charge in [-0.25, -0.2) is 4.79 Å². The second-order valence-electron chi connectivity index (χ2n) is 3.75. The first kappa shape index (κ1) is 13.4. The number of anilines is 1. The fourth-order valence-corrected chi connectivity index (χ4v) is 1.85. The average Bonchev–Trinajstić information content (AvgIpc) is 2.85. The van der Waals surface area contributed by atoms with Crippen molar-refractivity contribution in [2.24, 2.45) is 0 Å². The molecule has 0 bridgehead atoms. The Balaban J connectivity index is 2.07. The maximum Gasteiger partial charge on any atom is 0.337 e. The Morgan fingerprint density at radius 1 is 1.26 bits per heavy atom. The van der Waals surface area contributed by atoms with Crippen LogP contribution in [0.5, 0.6) is 0 Å². The predicted octanol–water partition coefficient (Wildman–Crippen LogP) is 2.82. The predicted molar refractivity (Wildman–Crippen MR) is 74.2 cm³/mol. The molecule has 6 heteroatoms. The number of carbonyl (C=O) groups excluding carboxylic acids is 2. The van der Waals surface area contributed by atoms with Crippen molar-refractivity contribution in [1.82, 2.24) is 4.98 Å². The van der Waals surface area contributed by atoms with E-state index in [1.807, 2.05) is 0 Å². The van der Waals surface area contributed by atoms with Crippen molar-refractivity contribution in [1.29, 1.82) is 0 Å². The van der Waals surface area contributed by atoms with Gasteiger partial charge in [-0.1, -0.05) is 0 Å². The van der Waals surface area contributed by atoms with Crippen LogP contribution in [-0.2, 0) is 4.74 Å². The van der Waals surface area contributed by atoms with Crippen LogP contribution in [0.3, 0.4) is 0 Å². The van der Waals surface area contributed by atoms with Gasteiger partial charge in [-0.15, -0.1) is 0 Å². The maximum absolute atomic E-state index is 11.8. The molecular formula is C13H11BrN2O3. The second-order valence-corrected chi connectivity index (χ2v) is 4.67. The van der Waals surface area contributed by atoms with Gasteiger partial charge in [0, 0.05) is 16.4 Å². The highest BCUT2D eigenvalue weighted by Crippen LogP contribution is 2.14. The normalized spacial score (nSPS) is 10.0. The van der Waals surface area contributed by atoms with Crippen LogP contribution in [0.15, 0.2) is 41.0 Å². The molecular weight excluding hydrogens is 312 g/mol. The molecule has 5 nitrogen and oxygen atoms in total. The van der Waals surface area contributed by atoms with Crippen LogP contribution in [0.25, 0.3) is 0 Å². The van der Waals surface area contributed by atoms with Crippen LogP contribution in [0.2, 0.25) is 0 Å². The molecule has 0 radical (unpaired) electrons. The third-order valence-corrected chi connectivity index (χ3v) is 2.91. The molecule has 0 unspecified atom stereocenters. The molecule has 0 aliphatic rings. The summed E-state index contributed by atoms with van der Waals surface area (Å²) in [7, 11) is 1.32. The summed E-state index contributed by atoms with van der Waals surface area (Å²) in [6, 6.07) is 8.14. The van der Waals surface area contributed by atoms with E-state index in [2.05, 4.69) is 31.0 Å². The first-order valence-corrected chi connectivity index (χ1v) is 6.23. The van der Waals surface area contributed by atoms with E-state index in [1.165, 1.54) is 7.11 Å². The van der Waals surface area contributed by atoms with Crippen molar-refractivity contribution < 1.29 is 14.3 Å². The highest BCUT2D eigenvalue weighted by atomic mass is 79.9. The number of hydrogen-bond acceptors (Lipinski definition) is 3. The molecule has 2 rings (SSSR count). The minimum atomic E-state index is -0.411. The molecule has 1 amide bonds. The molecule has 0 saturated carbocycles. The number of amides is 1. The Labute approximate surface area is 118 Å². The summed E-state index contributed by atoms with van der Waals surface area (Å²) in [5.41, 5.74) is 1.48. The summed E-state index contributed by atoms with van der Waals surface area (Å²) in [4.78, 5) is 25.9. The van der Waals surface area contributed by atoms with E-state index in [0.29, 0.717) is 16.9 Å². The Bertz CT molecular complexity index is 605. The summed E-state index contributed by atoms with van der Waals surface area (Å²) in [5.74, 6) is -0.664. The Morgan fingerprint density at radius 2 is 1.95 bits per heavy atom. The Kier molecular flexibility index (Phi) is 4.01. The molecule has 0 spiro atoms. The first-order valence-electron chi connectivity index (χ1n) is 5.44. The standard InChI is InChI=1S/C13H11BrN2O3/c1-19-13(18)8-2-4-10(5-3-8)16-12(17)11-6-9(14)7-15-11/h2-7,15H,1H3,(H,16,17). The first-order chi connectivity index (χ1) is 9.10. The summed E-state index contributed by atoms with van der Waals surface area (Å²) < 4.78 is 5.40. The molecule has 19 heavy (non-hydrogen) atoms. The molecule has 0 aliphatic carbocycles. The van der Waals surface area contributed by atoms with E-state index >= 15 is 0 Å². The van der Waals surface area contributed by atoms with Crippen molar-refractivity contribution >= 4 is 33.5 Å². The SMILES string of the molecule is COC(=O)c1ccc(NC(=O)c2cc(Br)c[nH]2)cc1. The van der Waals surface area contributed by atoms with Crippen molar-refractivity contribution in [3.8, 4) is 0 Å². The number of nitrogens with one attached hydrogen (secondary N) is 2. The van der Waals surface area contributed by atoms with Gasteiger partial charge in [0.05, 0.1) is 12.7 Å². The number of aromatic nitrogens is 1. The third-order valence-electron chi connectivity index (χ3n) is 2.46. The number of ether oxygens (including phenoxy) is 1. The van der Waals surface area contributed by atoms with Crippen molar-refractivity contribution in [3.05, 3.63) is 52.3 Å². The van der Waals surface area contributed by atoms with Crippen LogP contribution in [0.1, 0.15) is 20.8 Å². The van der Waals surface area contributed by atoms with Crippen LogP contribution in [0, 0.1) is 0 Å². The zero-order valence-electron chi connectivity index (χ0n) is 10.1. The molecule has 98 valence electrons. The molecule has 0 fully saturated rings.